The molecular formula is C17H18N2O3. The van der Waals surface area contributed by atoms with E-state index in [9.17, 15) is 9.59 Å². The number of benzene rings is 2. The molecular weight excluding hydrogens is 280 g/mol. The summed E-state index contributed by atoms with van der Waals surface area (Å²) in [7, 11) is 0. The predicted octanol–water partition coefficient (Wildman–Crippen LogP) is 2.45. The lowest BCUT2D eigenvalue weighted by Gasteiger charge is -2.16. The molecule has 0 saturated heterocycles. The van der Waals surface area contributed by atoms with Crippen LogP contribution in [0.15, 0.2) is 54.6 Å². The highest BCUT2D eigenvalue weighted by molar-refractivity contribution is 5.85. The fraction of sp³-hybridized carbons (Fsp3) is 0.176. The molecule has 0 heterocycles. The van der Waals surface area contributed by atoms with Gasteiger partial charge in [-0.25, -0.2) is 4.79 Å². The number of hydrogen-bond donors (Lipinski definition) is 2. The van der Waals surface area contributed by atoms with Crippen LogP contribution in [0.3, 0.4) is 0 Å². The summed E-state index contributed by atoms with van der Waals surface area (Å²) < 4.78 is 5.10. The first kappa shape index (κ1) is 15.6. The Kier molecular flexibility index (Phi) is 5.14. The Morgan fingerprint density at radius 2 is 1.86 bits per heavy atom. The van der Waals surface area contributed by atoms with E-state index in [1.807, 2.05) is 43.3 Å². The van der Waals surface area contributed by atoms with Crippen LogP contribution in [0.2, 0.25) is 0 Å². The topological polar surface area (TPSA) is 81.4 Å². The van der Waals surface area contributed by atoms with Gasteiger partial charge in [-0.2, -0.15) is 0 Å². The Balaban J connectivity index is 1.99. The third kappa shape index (κ3) is 4.34. The second kappa shape index (κ2) is 7.26. The van der Waals surface area contributed by atoms with Crippen molar-refractivity contribution < 1.29 is 14.3 Å². The quantitative estimate of drug-likeness (QED) is 0.889. The van der Waals surface area contributed by atoms with Gasteiger partial charge in [0.25, 0.3) is 0 Å². The number of rotatable bonds is 5. The second-order valence-corrected chi connectivity index (χ2v) is 4.96. The molecule has 0 fully saturated rings. The van der Waals surface area contributed by atoms with Crippen molar-refractivity contribution in [2.45, 2.75) is 19.6 Å². The average Bonchev–Trinajstić information content (AvgIpc) is 2.51. The van der Waals surface area contributed by atoms with Crippen molar-refractivity contribution in [2.24, 2.45) is 5.73 Å². The van der Waals surface area contributed by atoms with Crippen molar-refractivity contribution in [3.05, 3.63) is 71.3 Å². The van der Waals surface area contributed by atoms with E-state index in [1.165, 1.54) is 0 Å². The summed E-state index contributed by atoms with van der Waals surface area (Å²) in [6.45, 7) is 2.03. The normalized spacial score (nSPS) is 11.5. The van der Waals surface area contributed by atoms with Gasteiger partial charge in [-0.15, -0.1) is 0 Å². The summed E-state index contributed by atoms with van der Waals surface area (Å²) in [5.41, 5.74) is 7.83. The van der Waals surface area contributed by atoms with Crippen molar-refractivity contribution in [1.29, 1.82) is 0 Å². The van der Waals surface area contributed by atoms with Gasteiger partial charge in [0.15, 0.2) is 0 Å². The number of carbonyl (C=O) groups is 2. The fourth-order valence-electron chi connectivity index (χ4n) is 2.05. The van der Waals surface area contributed by atoms with Gasteiger partial charge >= 0.3 is 6.09 Å². The van der Waals surface area contributed by atoms with Crippen molar-refractivity contribution in [1.82, 2.24) is 5.32 Å². The Morgan fingerprint density at radius 3 is 2.50 bits per heavy atom. The van der Waals surface area contributed by atoms with Crippen LogP contribution >= 0.6 is 0 Å². The van der Waals surface area contributed by atoms with Crippen LogP contribution in [0.25, 0.3) is 0 Å². The van der Waals surface area contributed by atoms with Crippen molar-refractivity contribution in [2.75, 3.05) is 0 Å². The van der Waals surface area contributed by atoms with Crippen LogP contribution < -0.4 is 11.1 Å². The summed E-state index contributed by atoms with van der Waals surface area (Å²) in [6, 6.07) is 15.6. The summed E-state index contributed by atoms with van der Waals surface area (Å²) in [6.07, 6.45) is -0.686. The van der Waals surface area contributed by atoms with E-state index in [2.05, 4.69) is 5.32 Å². The maximum atomic E-state index is 11.8. The molecule has 2 rings (SSSR count). The predicted molar refractivity (Wildman–Crippen MR) is 82.9 cm³/mol. The number of amides is 2. The minimum Gasteiger partial charge on any atom is -0.445 e. The average molecular weight is 298 g/mol. The lowest BCUT2D eigenvalue weighted by molar-refractivity contribution is -0.120. The first-order chi connectivity index (χ1) is 10.6. The molecule has 114 valence electrons. The molecule has 0 unspecified atom stereocenters. The standard InChI is InChI=1S/C17H18N2O3/c1-12-6-5-9-14(10-12)15(16(18)20)19-17(21)22-11-13-7-3-2-4-8-13/h2-10,15H,11H2,1H3,(H2,18,20)(H,19,21)/t15-/m0/s1. The Hall–Kier alpha value is -2.82. The van der Waals surface area contributed by atoms with E-state index in [-0.39, 0.29) is 6.61 Å². The monoisotopic (exact) mass is 298 g/mol. The van der Waals surface area contributed by atoms with E-state index >= 15 is 0 Å². The largest absolute Gasteiger partial charge is 0.445 e. The van der Waals surface area contributed by atoms with Crippen LogP contribution in [-0.2, 0) is 16.1 Å². The molecule has 22 heavy (non-hydrogen) atoms. The van der Waals surface area contributed by atoms with E-state index in [1.54, 1.807) is 18.2 Å². The first-order valence-electron chi connectivity index (χ1n) is 6.89. The maximum absolute atomic E-state index is 11.8. The zero-order chi connectivity index (χ0) is 15.9. The molecule has 0 saturated carbocycles. The van der Waals surface area contributed by atoms with Crippen molar-refractivity contribution in [3.63, 3.8) is 0 Å². The molecule has 0 bridgehead atoms. The molecule has 3 N–H and O–H groups in total. The fourth-order valence-corrected chi connectivity index (χ4v) is 2.05. The highest BCUT2D eigenvalue weighted by atomic mass is 16.5. The third-order valence-corrected chi connectivity index (χ3v) is 3.13. The number of carbonyl (C=O) groups excluding carboxylic acids is 2. The zero-order valence-corrected chi connectivity index (χ0v) is 12.3. The Labute approximate surface area is 129 Å². The summed E-state index contributed by atoms with van der Waals surface area (Å²) in [5, 5.41) is 2.49. The number of aryl methyl sites for hydroxylation is 1. The first-order valence-corrected chi connectivity index (χ1v) is 6.89. The minimum atomic E-state index is -0.914. The van der Waals surface area contributed by atoms with Gasteiger partial charge in [-0.3, -0.25) is 4.79 Å². The van der Waals surface area contributed by atoms with Crippen molar-refractivity contribution in [3.8, 4) is 0 Å². The van der Waals surface area contributed by atoms with Crippen LogP contribution in [0.4, 0.5) is 4.79 Å². The molecule has 0 spiro atoms. The van der Waals surface area contributed by atoms with Gasteiger partial charge in [0.2, 0.25) is 5.91 Å². The number of primary amides is 1. The van der Waals surface area contributed by atoms with Gasteiger partial charge in [0.1, 0.15) is 12.6 Å². The summed E-state index contributed by atoms with van der Waals surface area (Å²) in [4.78, 5) is 23.4. The lowest BCUT2D eigenvalue weighted by Crippen LogP contribution is -2.37. The van der Waals surface area contributed by atoms with E-state index in [0.717, 1.165) is 11.1 Å². The maximum Gasteiger partial charge on any atom is 0.408 e. The molecule has 2 aromatic rings. The second-order valence-electron chi connectivity index (χ2n) is 4.96. The van der Waals surface area contributed by atoms with Gasteiger partial charge in [0, 0.05) is 0 Å². The van der Waals surface area contributed by atoms with E-state index in [4.69, 9.17) is 10.5 Å². The molecule has 0 aliphatic heterocycles. The van der Waals surface area contributed by atoms with Gasteiger partial charge < -0.3 is 15.8 Å². The number of nitrogens with one attached hydrogen (secondary N) is 1. The van der Waals surface area contributed by atoms with E-state index < -0.39 is 18.0 Å². The smallest absolute Gasteiger partial charge is 0.408 e. The number of nitrogens with two attached hydrogens (primary N) is 1. The molecule has 0 aliphatic rings. The Bertz CT molecular complexity index is 656. The molecule has 5 heteroatoms. The molecule has 2 amide bonds. The van der Waals surface area contributed by atoms with E-state index in [0.29, 0.717) is 5.56 Å². The van der Waals surface area contributed by atoms with Crippen LogP contribution in [0.5, 0.6) is 0 Å². The third-order valence-electron chi connectivity index (χ3n) is 3.13. The highest BCUT2D eigenvalue weighted by Crippen LogP contribution is 2.14. The molecule has 5 nitrogen and oxygen atoms in total. The minimum absolute atomic E-state index is 0.131. The SMILES string of the molecule is Cc1cccc([C@H](NC(=O)OCc2ccccc2)C(N)=O)c1. The van der Waals surface area contributed by atoms with Crippen LogP contribution in [0.1, 0.15) is 22.7 Å². The molecule has 0 aliphatic carbocycles. The molecule has 0 radical (unpaired) electrons. The zero-order valence-electron chi connectivity index (χ0n) is 12.3. The highest BCUT2D eigenvalue weighted by Gasteiger charge is 2.21. The summed E-state index contributed by atoms with van der Waals surface area (Å²) in [5.74, 6) is -0.637. The van der Waals surface area contributed by atoms with Crippen LogP contribution in [0, 0.1) is 6.92 Å². The summed E-state index contributed by atoms with van der Waals surface area (Å²) >= 11 is 0. The van der Waals surface area contributed by atoms with Gasteiger partial charge in [-0.05, 0) is 18.1 Å². The van der Waals surface area contributed by atoms with Gasteiger partial charge in [0.05, 0.1) is 0 Å². The Morgan fingerprint density at radius 1 is 1.14 bits per heavy atom. The van der Waals surface area contributed by atoms with Crippen LogP contribution in [-0.4, -0.2) is 12.0 Å². The number of ether oxygens (including phenoxy) is 1. The number of alkyl carbamates (subject to hydrolysis) is 1. The van der Waals surface area contributed by atoms with Crippen molar-refractivity contribution >= 4 is 12.0 Å². The molecule has 1 atom stereocenters. The molecule has 2 aromatic carbocycles. The molecule has 0 aromatic heterocycles. The lowest BCUT2D eigenvalue weighted by atomic mass is 10.0. The number of hydrogen-bond acceptors (Lipinski definition) is 3. The van der Waals surface area contributed by atoms with Gasteiger partial charge in [-0.1, -0.05) is 60.2 Å².